The van der Waals surface area contributed by atoms with E-state index in [1.54, 1.807) is 12.1 Å². The van der Waals surface area contributed by atoms with Crippen molar-refractivity contribution in [3.63, 3.8) is 0 Å². The second-order valence-electron chi connectivity index (χ2n) is 6.63. The van der Waals surface area contributed by atoms with Gasteiger partial charge in [-0.15, -0.1) is 0 Å². The van der Waals surface area contributed by atoms with Crippen LogP contribution < -0.4 is 5.32 Å². The Labute approximate surface area is 160 Å². The topological polar surface area (TPSA) is 29.1 Å². The number of nitrogens with one attached hydrogen (secondary N) is 1. The van der Waals surface area contributed by atoms with E-state index in [0.29, 0.717) is 6.54 Å². The zero-order chi connectivity index (χ0) is 18.9. The van der Waals surface area contributed by atoms with Crippen LogP contribution in [0.15, 0.2) is 78.9 Å². The first-order valence-corrected chi connectivity index (χ1v) is 9.37. The third-order valence-electron chi connectivity index (χ3n) is 4.63. The highest BCUT2D eigenvalue weighted by Gasteiger charge is 2.10. The molecule has 0 aliphatic heterocycles. The molecule has 0 saturated carbocycles. The molecule has 3 aromatic carbocycles. The number of amides is 1. The molecule has 138 valence electrons. The van der Waals surface area contributed by atoms with Crippen molar-refractivity contribution in [2.75, 3.05) is 6.54 Å². The summed E-state index contributed by atoms with van der Waals surface area (Å²) in [5, 5.41) is 3.01. The average Bonchev–Trinajstić information content (AvgIpc) is 2.72. The van der Waals surface area contributed by atoms with Gasteiger partial charge in [0.2, 0.25) is 0 Å². The van der Waals surface area contributed by atoms with E-state index in [2.05, 4.69) is 17.4 Å². The summed E-state index contributed by atoms with van der Waals surface area (Å²) in [5.74, 6) is -0.253. The molecule has 0 saturated heterocycles. The number of carbonyl (C=O) groups is 1. The van der Waals surface area contributed by atoms with Gasteiger partial charge >= 0.3 is 0 Å². The molecule has 0 bridgehead atoms. The molecule has 3 heteroatoms. The first-order valence-electron chi connectivity index (χ1n) is 9.37. The predicted octanol–water partition coefficient (Wildman–Crippen LogP) is 4.97. The summed E-state index contributed by atoms with van der Waals surface area (Å²) in [4.78, 5) is 12.6. The highest BCUT2D eigenvalue weighted by Crippen LogP contribution is 2.13. The molecule has 0 aromatic heterocycles. The Bertz CT molecular complexity index is 859. The molecule has 0 unspecified atom stereocenters. The number of carbonyl (C=O) groups excluding carboxylic acids is 1. The van der Waals surface area contributed by atoms with Crippen LogP contribution in [0.5, 0.6) is 0 Å². The normalized spacial score (nSPS) is 10.6. The standard InChI is InChI=1S/C24H24FNO/c25-22-16-13-20(14-17-22)9-6-18-26-24(27)23-11-5-4-10-21(23)15-12-19-7-2-1-3-8-19/h1-5,7-8,10-11,13-14,16-17H,6,9,12,15,18H2,(H,26,27). The van der Waals surface area contributed by atoms with Crippen molar-refractivity contribution in [3.8, 4) is 0 Å². The summed E-state index contributed by atoms with van der Waals surface area (Å²) in [6.07, 6.45) is 3.39. The fraction of sp³-hybridized carbons (Fsp3) is 0.208. The number of hydrogen-bond acceptors (Lipinski definition) is 1. The lowest BCUT2D eigenvalue weighted by Crippen LogP contribution is -2.26. The third kappa shape index (κ3) is 5.78. The molecule has 0 spiro atoms. The van der Waals surface area contributed by atoms with Crippen molar-refractivity contribution >= 4 is 5.91 Å². The maximum atomic E-state index is 12.9. The molecule has 3 aromatic rings. The quantitative estimate of drug-likeness (QED) is 0.564. The van der Waals surface area contributed by atoms with E-state index in [-0.39, 0.29) is 11.7 Å². The predicted molar refractivity (Wildman–Crippen MR) is 107 cm³/mol. The maximum Gasteiger partial charge on any atom is 0.251 e. The van der Waals surface area contributed by atoms with Gasteiger partial charge < -0.3 is 5.32 Å². The van der Waals surface area contributed by atoms with Crippen molar-refractivity contribution < 1.29 is 9.18 Å². The van der Waals surface area contributed by atoms with Crippen molar-refractivity contribution in [1.82, 2.24) is 5.32 Å². The molecule has 27 heavy (non-hydrogen) atoms. The van der Waals surface area contributed by atoms with E-state index in [0.717, 1.165) is 42.4 Å². The molecule has 2 nitrogen and oxygen atoms in total. The number of hydrogen-bond donors (Lipinski definition) is 1. The zero-order valence-corrected chi connectivity index (χ0v) is 15.3. The largest absolute Gasteiger partial charge is 0.352 e. The number of aryl methyl sites for hydroxylation is 3. The van der Waals surface area contributed by atoms with Crippen LogP contribution in [0.2, 0.25) is 0 Å². The van der Waals surface area contributed by atoms with Gasteiger partial charge in [0, 0.05) is 12.1 Å². The van der Waals surface area contributed by atoms with Crippen LogP contribution in [0.25, 0.3) is 0 Å². The summed E-state index contributed by atoms with van der Waals surface area (Å²) >= 11 is 0. The first-order chi connectivity index (χ1) is 13.2. The van der Waals surface area contributed by atoms with E-state index in [1.165, 1.54) is 17.7 Å². The molecule has 0 aliphatic rings. The van der Waals surface area contributed by atoms with E-state index in [1.807, 2.05) is 42.5 Å². The Morgan fingerprint density at radius 1 is 0.741 bits per heavy atom. The minimum Gasteiger partial charge on any atom is -0.352 e. The van der Waals surface area contributed by atoms with E-state index < -0.39 is 0 Å². The minimum atomic E-state index is -0.223. The van der Waals surface area contributed by atoms with Crippen molar-refractivity contribution in [2.24, 2.45) is 0 Å². The molecule has 1 amide bonds. The van der Waals surface area contributed by atoms with Crippen molar-refractivity contribution in [2.45, 2.75) is 25.7 Å². The zero-order valence-electron chi connectivity index (χ0n) is 15.3. The summed E-state index contributed by atoms with van der Waals surface area (Å²) < 4.78 is 12.9. The lowest BCUT2D eigenvalue weighted by molar-refractivity contribution is 0.0952. The number of rotatable bonds is 8. The van der Waals surface area contributed by atoms with Crippen LogP contribution in [-0.2, 0) is 19.3 Å². The Kier molecular flexibility index (Phi) is 6.75. The molecule has 1 N–H and O–H groups in total. The number of halogens is 1. The molecule has 0 atom stereocenters. The molecule has 0 heterocycles. The molecule has 0 fully saturated rings. The van der Waals surface area contributed by atoms with Gasteiger partial charge in [-0.2, -0.15) is 0 Å². The monoisotopic (exact) mass is 361 g/mol. The van der Waals surface area contributed by atoms with Gasteiger partial charge in [-0.1, -0.05) is 60.7 Å². The first kappa shape index (κ1) is 18.8. The lowest BCUT2D eigenvalue weighted by atomic mass is 9.99. The van der Waals surface area contributed by atoms with Gasteiger partial charge in [0.25, 0.3) is 5.91 Å². The summed E-state index contributed by atoms with van der Waals surface area (Å²) in [6.45, 7) is 0.600. The summed E-state index contributed by atoms with van der Waals surface area (Å²) in [5.41, 5.74) is 4.16. The fourth-order valence-corrected chi connectivity index (χ4v) is 3.12. The van der Waals surface area contributed by atoms with Crippen LogP contribution in [0, 0.1) is 5.82 Å². The van der Waals surface area contributed by atoms with Gasteiger partial charge in [0.1, 0.15) is 5.82 Å². The number of benzene rings is 3. The Morgan fingerprint density at radius 3 is 2.19 bits per heavy atom. The second kappa shape index (κ2) is 9.67. The van der Waals surface area contributed by atoms with Crippen LogP contribution >= 0.6 is 0 Å². The Morgan fingerprint density at radius 2 is 1.41 bits per heavy atom. The molecule has 3 rings (SSSR count). The van der Waals surface area contributed by atoms with Crippen LogP contribution in [0.3, 0.4) is 0 Å². The van der Waals surface area contributed by atoms with E-state index in [9.17, 15) is 9.18 Å². The highest BCUT2D eigenvalue weighted by molar-refractivity contribution is 5.95. The van der Waals surface area contributed by atoms with Crippen LogP contribution in [0.1, 0.15) is 33.5 Å². The third-order valence-corrected chi connectivity index (χ3v) is 4.63. The smallest absolute Gasteiger partial charge is 0.251 e. The molecular weight excluding hydrogens is 337 g/mol. The minimum absolute atomic E-state index is 0.0298. The van der Waals surface area contributed by atoms with Gasteiger partial charge in [0.15, 0.2) is 0 Å². The fourth-order valence-electron chi connectivity index (χ4n) is 3.12. The maximum absolute atomic E-state index is 12.9. The molecule has 0 radical (unpaired) electrons. The SMILES string of the molecule is O=C(NCCCc1ccc(F)cc1)c1ccccc1CCc1ccccc1. The van der Waals surface area contributed by atoms with Gasteiger partial charge in [-0.25, -0.2) is 4.39 Å². The van der Waals surface area contributed by atoms with Crippen molar-refractivity contribution in [3.05, 3.63) is 107 Å². The Balaban J connectivity index is 1.51. The lowest BCUT2D eigenvalue weighted by Gasteiger charge is -2.10. The summed E-state index contributed by atoms with van der Waals surface area (Å²) in [6, 6.07) is 24.6. The molecular formula is C24H24FNO. The van der Waals surface area contributed by atoms with E-state index in [4.69, 9.17) is 0 Å². The van der Waals surface area contributed by atoms with Gasteiger partial charge in [-0.05, 0) is 60.6 Å². The average molecular weight is 361 g/mol. The second-order valence-corrected chi connectivity index (χ2v) is 6.63. The van der Waals surface area contributed by atoms with Crippen LogP contribution in [-0.4, -0.2) is 12.5 Å². The van der Waals surface area contributed by atoms with E-state index >= 15 is 0 Å². The van der Waals surface area contributed by atoms with Crippen LogP contribution in [0.4, 0.5) is 4.39 Å². The molecule has 0 aliphatic carbocycles. The van der Waals surface area contributed by atoms with Gasteiger partial charge in [0.05, 0.1) is 0 Å². The van der Waals surface area contributed by atoms with Crippen molar-refractivity contribution in [1.29, 1.82) is 0 Å². The van der Waals surface area contributed by atoms with Gasteiger partial charge in [-0.3, -0.25) is 4.79 Å². The summed E-state index contributed by atoms with van der Waals surface area (Å²) in [7, 11) is 0. The Hall–Kier alpha value is -2.94. The highest BCUT2D eigenvalue weighted by atomic mass is 19.1.